The monoisotopic (exact) mass is 376 g/mol. The van der Waals surface area contributed by atoms with E-state index < -0.39 is 10.0 Å². The Morgan fingerprint density at radius 2 is 1.50 bits per heavy atom. The summed E-state index contributed by atoms with van der Waals surface area (Å²) in [5.41, 5.74) is 2.69. The molecule has 140 valence electrons. The molecule has 0 heterocycles. The van der Waals surface area contributed by atoms with Crippen molar-refractivity contribution in [2.24, 2.45) is 0 Å². The van der Waals surface area contributed by atoms with Gasteiger partial charge in [0.1, 0.15) is 6.54 Å². The van der Waals surface area contributed by atoms with Crippen LogP contribution in [-0.2, 0) is 23.1 Å². The van der Waals surface area contributed by atoms with Crippen molar-refractivity contribution in [1.29, 1.82) is 0 Å². The Morgan fingerprint density at radius 3 is 2.00 bits per heavy atom. The molecule has 0 aliphatic rings. The summed E-state index contributed by atoms with van der Waals surface area (Å²) in [7, 11) is 3.66. The topological polar surface area (TPSA) is 70.9 Å². The summed E-state index contributed by atoms with van der Waals surface area (Å²) < 4.78 is 25.2. The predicted molar refractivity (Wildman–Crippen MR) is 101 cm³/mol. The number of quaternary nitrogens is 1. The maximum atomic E-state index is 12.3. The Kier molecular flexibility index (Phi) is 6.52. The fourth-order valence-electron chi connectivity index (χ4n) is 2.46. The second-order valence-corrected chi connectivity index (χ2v) is 8.85. The quantitative estimate of drug-likeness (QED) is 0.740. The van der Waals surface area contributed by atoms with E-state index in [9.17, 15) is 13.2 Å². The van der Waals surface area contributed by atoms with Crippen LogP contribution in [0.25, 0.3) is 0 Å². The summed E-state index contributed by atoms with van der Waals surface area (Å²) in [5.74, 6) is -0.236. The molecule has 0 spiro atoms. The number of carbonyl (C=O) groups excluding carboxylic acids is 1. The zero-order valence-corrected chi connectivity index (χ0v) is 16.4. The van der Waals surface area contributed by atoms with Crippen LogP contribution in [0.2, 0.25) is 0 Å². The van der Waals surface area contributed by atoms with Gasteiger partial charge in [-0.3, -0.25) is 4.79 Å². The standard InChI is InChI=1S/C19H25N3O3S/c1-21(2)14-16-7-5-15(6-8-16)13-20-19(23)17-9-11-18(12-10-17)26(24,25)22(3)4/h5-12H,13-14H2,1-4H3,(H,20,23)/p+1. The zero-order valence-electron chi connectivity index (χ0n) is 15.6. The van der Waals surface area contributed by atoms with E-state index in [1.165, 1.54) is 48.8 Å². The second-order valence-electron chi connectivity index (χ2n) is 6.69. The third-order valence-corrected chi connectivity index (χ3v) is 5.76. The Morgan fingerprint density at radius 1 is 0.962 bits per heavy atom. The van der Waals surface area contributed by atoms with Gasteiger partial charge in [-0.1, -0.05) is 24.3 Å². The molecule has 0 radical (unpaired) electrons. The van der Waals surface area contributed by atoms with Gasteiger partial charge in [-0.05, 0) is 29.8 Å². The van der Waals surface area contributed by atoms with Crippen molar-refractivity contribution in [3.8, 4) is 0 Å². The summed E-state index contributed by atoms with van der Waals surface area (Å²) in [4.78, 5) is 13.8. The molecule has 0 aromatic heterocycles. The van der Waals surface area contributed by atoms with Gasteiger partial charge in [0, 0.05) is 31.8 Å². The number of rotatable bonds is 7. The van der Waals surface area contributed by atoms with Crippen LogP contribution in [0.4, 0.5) is 0 Å². The zero-order chi connectivity index (χ0) is 19.3. The van der Waals surface area contributed by atoms with E-state index in [0.29, 0.717) is 12.1 Å². The fraction of sp³-hybridized carbons (Fsp3) is 0.316. The molecule has 2 aromatic carbocycles. The van der Waals surface area contributed by atoms with Gasteiger partial charge in [0.15, 0.2) is 0 Å². The summed E-state index contributed by atoms with van der Waals surface area (Å²) in [5, 5.41) is 2.85. The third kappa shape index (κ3) is 5.14. The highest BCUT2D eigenvalue weighted by molar-refractivity contribution is 7.89. The lowest BCUT2D eigenvalue weighted by molar-refractivity contribution is -0.872. The Balaban J connectivity index is 1.98. The molecule has 2 N–H and O–H groups in total. The number of sulfonamides is 1. The molecular formula is C19H26N3O3S+. The molecule has 0 unspecified atom stereocenters. The number of hydrogen-bond acceptors (Lipinski definition) is 3. The van der Waals surface area contributed by atoms with Crippen LogP contribution in [-0.4, -0.2) is 46.8 Å². The molecule has 0 saturated heterocycles. The minimum absolute atomic E-state index is 0.165. The van der Waals surface area contributed by atoms with Gasteiger partial charge in [-0.25, -0.2) is 12.7 Å². The van der Waals surface area contributed by atoms with Gasteiger partial charge in [-0.2, -0.15) is 0 Å². The molecule has 0 fully saturated rings. The van der Waals surface area contributed by atoms with Gasteiger partial charge in [-0.15, -0.1) is 0 Å². The molecule has 2 aromatic rings. The minimum atomic E-state index is -3.49. The van der Waals surface area contributed by atoms with Crippen molar-refractivity contribution in [2.75, 3.05) is 28.2 Å². The highest BCUT2D eigenvalue weighted by atomic mass is 32.2. The lowest BCUT2D eigenvalue weighted by Gasteiger charge is -2.12. The van der Waals surface area contributed by atoms with Crippen LogP contribution in [0, 0.1) is 0 Å². The van der Waals surface area contributed by atoms with Crippen LogP contribution < -0.4 is 10.2 Å². The van der Waals surface area contributed by atoms with E-state index in [-0.39, 0.29) is 10.8 Å². The van der Waals surface area contributed by atoms with Gasteiger partial charge in [0.2, 0.25) is 10.0 Å². The lowest BCUT2D eigenvalue weighted by Crippen LogP contribution is -3.04. The van der Waals surface area contributed by atoms with Crippen LogP contribution in [0.5, 0.6) is 0 Å². The molecule has 2 rings (SSSR count). The van der Waals surface area contributed by atoms with Gasteiger partial charge < -0.3 is 10.2 Å². The highest BCUT2D eigenvalue weighted by Gasteiger charge is 2.17. The first kappa shape index (κ1) is 20.1. The number of nitrogens with one attached hydrogen (secondary N) is 2. The number of amides is 1. The smallest absolute Gasteiger partial charge is 0.251 e. The predicted octanol–water partition coefficient (Wildman–Crippen LogP) is 0.511. The maximum absolute atomic E-state index is 12.3. The van der Waals surface area contributed by atoms with Gasteiger partial charge in [0.05, 0.1) is 19.0 Å². The van der Waals surface area contributed by atoms with E-state index in [0.717, 1.165) is 16.4 Å². The van der Waals surface area contributed by atoms with E-state index in [1.54, 1.807) is 0 Å². The first-order chi connectivity index (χ1) is 12.2. The molecule has 0 atom stereocenters. The Labute approximate surface area is 155 Å². The summed E-state index contributed by atoms with van der Waals surface area (Å²) >= 11 is 0. The van der Waals surface area contributed by atoms with Crippen molar-refractivity contribution < 1.29 is 18.1 Å². The first-order valence-electron chi connectivity index (χ1n) is 8.38. The summed E-state index contributed by atoms with van der Waals surface area (Å²) in [6, 6.07) is 14.1. The largest absolute Gasteiger partial charge is 0.348 e. The highest BCUT2D eigenvalue weighted by Crippen LogP contribution is 2.14. The fourth-order valence-corrected chi connectivity index (χ4v) is 3.36. The molecule has 0 saturated carbocycles. The maximum Gasteiger partial charge on any atom is 0.251 e. The van der Waals surface area contributed by atoms with Crippen molar-refractivity contribution in [2.45, 2.75) is 18.0 Å². The van der Waals surface area contributed by atoms with E-state index in [2.05, 4.69) is 31.5 Å². The van der Waals surface area contributed by atoms with Crippen LogP contribution in [0.15, 0.2) is 53.4 Å². The molecule has 0 bridgehead atoms. The summed E-state index contributed by atoms with van der Waals surface area (Å²) in [6.45, 7) is 1.38. The minimum Gasteiger partial charge on any atom is -0.348 e. The molecule has 26 heavy (non-hydrogen) atoms. The molecule has 7 heteroatoms. The number of nitrogens with zero attached hydrogens (tertiary/aromatic N) is 1. The van der Waals surface area contributed by atoms with Gasteiger partial charge in [0.25, 0.3) is 5.91 Å². The number of hydrogen-bond donors (Lipinski definition) is 2. The summed E-state index contributed by atoms with van der Waals surface area (Å²) in [6.07, 6.45) is 0. The SMILES string of the molecule is CN(C)S(=O)(=O)c1ccc(C(=O)NCc2ccc(C[NH+](C)C)cc2)cc1. The van der Waals surface area contributed by atoms with Crippen molar-refractivity contribution >= 4 is 15.9 Å². The first-order valence-corrected chi connectivity index (χ1v) is 9.82. The molecule has 0 aliphatic heterocycles. The molecule has 6 nitrogen and oxygen atoms in total. The number of benzene rings is 2. The van der Waals surface area contributed by atoms with Crippen molar-refractivity contribution in [3.05, 3.63) is 65.2 Å². The van der Waals surface area contributed by atoms with E-state index in [1.807, 2.05) is 12.1 Å². The van der Waals surface area contributed by atoms with Crippen LogP contribution in [0.3, 0.4) is 0 Å². The van der Waals surface area contributed by atoms with E-state index in [4.69, 9.17) is 0 Å². The Bertz CT molecular complexity index is 843. The van der Waals surface area contributed by atoms with E-state index >= 15 is 0 Å². The van der Waals surface area contributed by atoms with Crippen molar-refractivity contribution in [1.82, 2.24) is 9.62 Å². The Hall–Kier alpha value is -2.22. The normalized spacial score (nSPS) is 11.8. The molecule has 0 aliphatic carbocycles. The average molecular weight is 377 g/mol. The van der Waals surface area contributed by atoms with Crippen molar-refractivity contribution in [3.63, 3.8) is 0 Å². The van der Waals surface area contributed by atoms with Crippen LogP contribution in [0.1, 0.15) is 21.5 Å². The molecule has 1 amide bonds. The second kappa shape index (κ2) is 8.44. The van der Waals surface area contributed by atoms with Gasteiger partial charge >= 0.3 is 0 Å². The number of carbonyl (C=O) groups is 1. The average Bonchev–Trinajstić information content (AvgIpc) is 2.60. The van der Waals surface area contributed by atoms with Crippen LogP contribution >= 0.6 is 0 Å². The lowest BCUT2D eigenvalue weighted by atomic mass is 10.1. The molecular weight excluding hydrogens is 350 g/mol. The third-order valence-electron chi connectivity index (χ3n) is 3.93.